The van der Waals surface area contributed by atoms with Crippen LogP contribution < -0.4 is 10.1 Å². The van der Waals surface area contributed by atoms with Gasteiger partial charge in [0, 0.05) is 24.5 Å². The number of hydrogen-bond acceptors (Lipinski definition) is 4. The second-order valence-electron chi connectivity index (χ2n) is 5.78. The summed E-state index contributed by atoms with van der Waals surface area (Å²) >= 11 is 1.87. The van der Waals surface area contributed by atoms with E-state index in [4.69, 9.17) is 4.74 Å². The predicted molar refractivity (Wildman–Crippen MR) is 93.0 cm³/mol. The zero-order valence-corrected chi connectivity index (χ0v) is 14.2. The molecule has 3 nitrogen and oxygen atoms in total. The Morgan fingerprint density at radius 1 is 1.14 bits per heavy atom. The van der Waals surface area contributed by atoms with E-state index in [1.807, 2.05) is 11.3 Å². The van der Waals surface area contributed by atoms with Gasteiger partial charge in [-0.2, -0.15) is 0 Å². The minimum Gasteiger partial charge on any atom is -0.497 e. The summed E-state index contributed by atoms with van der Waals surface area (Å²) in [5.41, 5.74) is 2.75. The van der Waals surface area contributed by atoms with E-state index >= 15 is 0 Å². The first-order valence-corrected chi connectivity index (χ1v) is 8.80. The van der Waals surface area contributed by atoms with Gasteiger partial charge in [0.15, 0.2) is 0 Å². The van der Waals surface area contributed by atoms with Crippen molar-refractivity contribution in [2.75, 3.05) is 33.3 Å². The van der Waals surface area contributed by atoms with Crippen molar-refractivity contribution < 1.29 is 4.74 Å². The van der Waals surface area contributed by atoms with Gasteiger partial charge in [0.2, 0.25) is 0 Å². The smallest absolute Gasteiger partial charge is 0.118 e. The van der Waals surface area contributed by atoms with Crippen LogP contribution in [0.25, 0.3) is 0 Å². The number of ether oxygens (including phenoxy) is 1. The number of methoxy groups -OCH3 is 1. The maximum Gasteiger partial charge on any atom is 0.118 e. The molecular weight excluding hydrogens is 292 g/mol. The summed E-state index contributed by atoms with van der Waals surface area (Å²) in [4.78, 5) is 4.08. The zero-order chi connectivity index (χ0) is 15.4. The molecule has 0 amide bonds. The van der Waals surface area contributed by atoms with E-state index in [2.05, 4.69) is 52.9 Å². The van der Waals surface area contributed by atoms with Crippen molar-refractivity contribution in [3.8, 4) is 5.75 Å². The quantitative estimate of drug-likeness (QED) is 0.935. The van der Waals surface area contributed by atoms with Gasteiger partial charge in [-0.25, -0.2) is 0 Å². The molecule has 1 aromatic carbocycles. The van der Waals surface area contributed by atoms with Crippen LogP contribution in [0.15, 0.2) is 35.7 Å². The van der Waals surface area contributed by atoms with Gasteiger partial charge in [-0.1, -0.05) is 12.1 Å². The summed E-state index contributed by atoms with van der Waals surface area (Å²) in [6.45, 7) is 6.64. The van der Waals surface area contributed by atoms with E-state index in [-0.39, 0.29) is 0 Å². The largest absolute Gasteiger partial charge is 0.497 e. The Hall–Kier alpha value is -1.36. The zero-order valence-electron chi connectivity index (χ0n) is 13.3. The molecule has 4 heteroatoms. The van der Waals surface area contributed by atoms with Gasteiger partial charge >= 0.3 is 0 Å². The van der Waals surface area contributed by atoms with Crippen LogP contribution in [0, 0.1) is 6.92 Å². The molecule has 1 unspecified atom stereocenters. The molecule has 0 radical (unpaired) electrons. The lowest BCUT2D eigenvalue weighted by Gasteiger charge is -2.31. The van der Waals surface area contributed by atoms with E-state index in [0.29, 0.717) is 6.04 Å². The average Bonchev–Trinajstić information content (AvgIpc) is 2.80. The van der Waals surface area contributed by atoms with Crippen LogP contribution in [0.1, 0.15) is 28.5 Å². The number of nitrogens with zero attached hydrogens (tertiary/aromatic N) is 1. The molecule has 0 aliphatic carbocycles. The Kier molecular flexibility index (Phi) is 5.13. The number of benzene rings is 1. The maximum atomic E-state index is 5.31. The van der Waals surface area contributed by atoms with Crippen LogP contribution in [0.5, 0.6) is 5.75 Å². The van der Waals surface area contributed by atoms with Crippen molar-refractivity contribution in [3.63, 3.8) is 0 Å². The van der Waals surface area contributed by atoms with Gasteiger partial charge < -0.3 is 10.1 Å². The van der Waals surface area contributed by atoms with E-state index in [1.165, 1.54) is 22.4 Å². The highest BCUT2D eigenvalue weighted by Crippen LogP contribution is 2.35. The minimum atomic E-state index is 0.353. The average molecular weight is 316 g/mol. The Balaban J connectivity index is 1.96. The summed E-state index contributed by atoms with van der Waals surface area (Å²) in [6, 6.07) is 11.1. The number of aryl methyl sites for hydroxylation is 1. The second kappa shape index (κ2) is 7.27. The van der Waals surface area contributed by atoms with Crippen molar-refractivity contribution in [3.05, 3.63) is 51.7 Å². The van der Waals surface area contributed by atoms with Crippen LogP contribution in [0.2, 0.25) is 0 Å². The number of rotatable bonds is 4. The van der Waals surface area contributed by atoms with Gasteiger partial charge in [-0.3, -0.25) is 4.90 Å². The number of hydrogen-bond donors (Lipinski definition) is 1. The molecule has 22 heavy (non-hydrogen) atoms. The Labute approximate surface area is 136 Å². The van der Waals surface area contributed by atoms with Crippen LogP contribution >= 0.6 is 11.3 Å². The molecule has 2 heterocycles. The van der Waals surface area contributed by atoms with Gasteiger partial charge in [0.05, 0.1) is 13.2 Å². The highest BCUT2D eigenvalue weighted by Gasteiger charge is 2.25. The van der Waals surface area contributed by atoms with Crippen molar-refractivity contribution in [2.24, 2.45) is 0 Å². The number of thiophene rings is 1. The van der Waals surface area contributed by atoms with Crippen LogP contribution in [-0.2, 0) is 0 Å². The Morgan fingerprint density at radius 3 is 2.64 bits per heavy atom. The van der Waals surface area contributed by atoms with Crippen LogP contribution in [-0.4, -0.2) is 38.2 Å². The standard InChI is InChI=1S/C18H24N2OS/c1-14-8-13-22-18(14)17(20-11-3-9-19-10-12-20)15-4-6-16(21-2)7-5-15/h4-8,13,17,19H,3,9-12H2,1-2H3. The normalized spacial score (nSPS) is 17.9. The van der Waals surface area contributed by atoms with E-state index < -0.39 is 0 Å². The molecule has 1 N–H and O–H groups in total. The predicted octanol–water partition coefficient (Wildman–Crippen LogP) is 3.45. The topological polar surface area (TPSA) is 24.5 Å². The Bertz CT molecular complexity index is 585. The van der Waals surface area contributed by atoms with E-state index in [9.17, 15) is 0 Å². The SMILES string of the molecule is COc1ccc(C(c2sccc2C)N2CCCNCC2)cc1. The molecule has 1 fully saturated rings. The summed E-state index contributed by atoms with van der Waals surface area (Å²) in [5, 5.41) is 5.71. The lowest BCUT2D eigenvalue weighted by atomic mass is 10.0. The third kappa shape index (κ3) is 3.35. The highest BCUT2D eigenvalue weighted by atomic mass is 32.1. The second-order valence-corrected chi connectivity index (χ2v) is 6.73. The Morgan fingerprint density at radius 2 is 1.95 bits per heavy atom. The van der Waals surface area contributed by atoms with Gasteiger partial charge in [-0.15, -0.1) is 11.3 Å². The summed E-state index contributed by atoms with van der Waals surface area (Å²) in [6.07, 6.45) is 1.21. The van der Waals surface area contributed by atoms with Crippen LogP contribution in [0.3, 0.4) is 0 Å². The molecule has 2 aromatic rings. The molecule has 0 bridgehead atoms. The summed E-state index contributed by atoms with van der Waals surface area (Å²) in [7, 11) is 1.72. The molecule has 3 rings (SSSR count). The third-order valence-electron chi connectivity index (χ3n) is 4.32. The fourth-order valence-corrected chi connectivity index (χ4v) is 4.19. The molecule has 1 saturated heterocycles. The third-order valence-corrected chi connectivity index (χ3v) is 5.39. The summed E-state index contributed by atoms with van der Waals surface area (Å²) in [5.74, 6) is 0.919. The molecule has 1 atom stereocenters. The van der Waals surface area contributed by atoms with Gasteiger partial charge in [-0.05, 0) is 54.6 Å². The van der Waals surface area contributed by atoms with Gasteiger partial charge in [0.25, 0.3) is 0 Å². The molecule has 1 aliphatic heterocycles. The molecule has 118 valence electrons. The van der Waals surface area contributed by atoms with Crippen LogP contribution in [0.4, 0.5) is 0 Å². The monoisotopic (exact) mass is 316 g/mol. The van der Waals surface area contributed by atoms with Crippen molar-refractivity contribution >= 4 is 11.3 Å². The fourth-order valence-electron chi connectivity index (χ4n) is 3.10. The molecular formula is C18H24N2OS. The lowest BCUT2D eigenvalue weighted by Crippen LogP contribution is -2.32. The lowest BCUT2D eigenvalue weighted by molar-refractivity contribution is 0.243. The first-order chi connectivity index (χ1) is 10.8. The van der Waals surface area contributed by atoms with Gasteiger partial charge in [0.1, 0.15) is 5.75 Å². The summed E-state index contributed by atoms with van der Waals surface area (Å²) < 4.78 is 5.31. The maximum absolute atomic E-state index is 5.31. The molecule has 1 aromatic heterocycles. The highest BCUT2D eigenvalue weighted by molar-refractivity contribution is 7.10. The van der Waals surface area contributed by atoms with Crippen molar-refractivity contribution in [2.45, 2.75) is 19.4 Å². The molecule has 0 spiro atoms. The first-order valence-electron chi connectivity index (χ1n) is 7.92. The number of nitrogens with one attached hydrogen (secondary N) is 1. The fraction of sp³-hybridized carbons (Fsp3) is 0.444. The van der Waals surface area contributed by atoms with Crippen molar-refractivity contribution in [1.82, 2.24) is 10.2 Å². The minimum absolute atomic E-state index is 0.353. The van der Waals surface area contributed by atoms with E-state index in [0.717, 1.165) is 31.9 Å². The van der Waals surface area contributed by atoms with Crippen molar-refractivity contribution in [1.29, 1.82) is 0 Å². The molecule has 1 aliphatic rings. The first kappa shape index (κ1) is 15.5. The molecule has 0 saturated carbocycles. The van der Waals surface area contributed by atoms with E-state index in [1.54, 1.807) is 7.11 Å².